The maximum Gasteiger partial charge on any atom is 0.0132 e. The molecule has 0 radical (unpaired) electrons. The van der Waals surface area contributed by atoms with Gasteiger partial charge >= 0.3 is 0 Å². The first-order valence-electron chi connectivity index (χ1n) is 10.4. The van der Waals surface area contributed by atoms with Crippen molar-refractivity contribution in [2.75, 3.05) is 0 Å². The Hall–Kier alpha value is -0.0800. The van der Waals surface area contributed by atoms with E-state index in [-0.39, 0.29) is 22.2 Å². The van der Waals surface area contributed by atoms with Gasteiger partial charge in [-0.2, -0.15) is 0 Å². The minimum absolute atomic E-state index is 0.275. The van der Waals surface area contributed by atoms with Crippen molar-refractivity contribution in [1.29, 1.82) is 0 Å². The van der Waals surface area contributed by atoms with Gasteiger partial charge in [0, 0.05) is 22.2 Å². The third-order valence-electron chi connectivity index (χ3n) is 6.29. The molecule has 0 amide bonds. The van der Waals surface area contributed by atoms with E-state index in [9.17, 15) is 0 Å². The van der Waals surface area contributed by atoms with Crippen molar-refractivity contribution in [3.8, 4) is 0 Å². The average molecular weight is 337 g/mol. The number of rotatable bonds is 3. The van der Waals surface area contributed by atoms with Crippen molar-refractivity contribution in [1.82, 2.24) is 10.6 Å². The van der Waals surface area contributed by atoms with E-state index in [0.717, 1.165) is 11.8 Å². The summed E-state index contributed by atoms with van der Waals surface area (Å²) in [7, 11) is 0. The van der Waals surface area contributed by atoms with Gasteiger partial charge in [0.1, 0.15) is 0 Å². The van der Waals surface area contributed by atoms with Crippen LogP contribution in [0.5, 0.6) is 0 Å². The van der Waals surface area contributed by atoms with Crippen molar-refractivity contribution < 1.29 is 0 Å². The fraction of sp³-hybridized carbons (Fsp3) is 1.00. The summed E-state index contributed by atoms with van der Waals surface area (Å²) in [4.78, 5) is 0. The smallest absolute Gasteiger partial charge is 0.0132 e. The van der Waals surface area contributed by atoms with Gasteiger partial charge in [-0.1, -0.05) is 12.8 Å². The molecule has 2 unspecified atom stereocenters. The molecule has 0 bridgehead atoms. The Kier molecular flexibility index (Phi) is 5.83. The molecular weight excluding hydrogens is 292 g/mol. The molecule has 24 heavy (non-hydrogen) atoms. The highest BCUT2D eigenvalue weighted by molar-refractivity contribution is 4.96. The number of hydrogen-bond donors (Lipinski definition) is 2. The molecule has 0 aromatic rings. The van der Waals surface area contributed by atoms with E-state index in [1.165, 1.54) is 51.4 Å². The highest BCUT2D eigenvalue weighted by Gasteiger charge is 2.36. The van der Waals surface area contributed by atoms with E-state index in [2.05, 4.69) is 66.0 Å². The van der Waals surface area contributed by atoms with Crippen LogP contribution in [0.15, 0.2) is 0 Å². The van der Waals surface area contributed by atoms with Gasteiger partial charge in [-0.05, 0) is 106 Å². The van der Waals surface area contributed by atoms with Crippen LogP contribution in [0, 0.1) is 11.8 Å². The SMILES string of the molecule is CC1(C)CCC(CCC2CCC(C)(C)NC(C)(C)C2)CC(C)(C)N1. The summed E-state index contributed by atoms with van der Waals surface area (Å²) in [5, 5.41) is 7.77. The summed E-state index contributed by atoms with van der Waals surface area (Å²) in [5.74, 6) is 1.78. The van der Waals surface area contributed by atoms with Crippen LogP contribution >= 0.6 is 0 Å². The van der Waals surface area contributed by atoms with Crippen LogP contribution < -0.4 is 10.6 Å². The highest BCUT2D eigenvalue weighted by Crippen LogP contribution is 2.37. The fourth-order valence-electron chi connectivity index (χ4n) is 5.80. The quantitative estimate of drug-likeness (QED) is 0.695. The van der Waals surface area contributed by atoms with E-state index in [1.807, 2.05) is 0 Å². The Morgan fingerprint density at radius 2 is 0.917 bits per heavy atom. The average Bonchev–Trinajstić information content (AvgIpc) is 2.52. The summed E-state index contributed by atoms with van der Waals surface area (Å²) >= 11 is 0. The predicted octanol–water partition coefficient (Wildman–Crippen LogP) is 5.66. The maximum absolute atomic E-state index is 3.89. The molecule has 2 heterocycles. The lowest BCUT2D eigenvalue weighted by atomic mass is 9.81. The lowest BCUT2D eigenvalue weighted by molar-refractivity contribution is 0.243. The Bertz CT molecular complexity index is 380. The first-order chi connectivity index (χ1) is 10.8. The second-order valence-corrected chi connectivity index (χ2v) is 11.6. The van der Waals surface area contributed by atoms with Gasteiger partial charge in [-0.3, -0.25) is 0 Å². The molecule has 0 aliphatic carbocycles. The number of nitrogens with one attached hydrogen (secondary N) is 2. The molecule has 2 aliphatic heterocycles. The lowest BCUT2D eigenvalue weighted by Gasteiger charge is -2.35. The van der Waals surface area contributed by atoms with Gasteiger partial charge in [-0.25, -0.2) is 0 Å². The molecule has 2 nitrogen and oxygen atoms in total. The van der Waals surface area contributed by atoms with Crippen LogP contribution in [-0.2, 0) is 0 Å². The standard InChI is InChI=1S/C22H44N2/c1-19(2)13-11-17(15-21(5,6)23-19)9-10-18-12-14-20(3,4)24-22(7,8)16-18/h17-18,23-24H,9-16H2,1-8H3. The zero-order valence-electron chi connectivity index (χ0n) is 17.8. The van der Waals surface area contributed by atoms with Crippen molar-refractivity contribution >= 4 is 0 Å². The molecule has 0 spiro atoms. The minimum Gasteiger partial charge on any atom is -0.307 e. The summed E-state index contributed by atoms with van der Waals surface area (Å²) in [6.07, 6.45) is 10.9. The third-order valence-corrected chi connectivity index (χ3v) is 6.29. The summed E-state index contributed by atoms with van der Waals surface area (Å²) in [6.45, 7) is 19.1. The van der Waals surface area contributed by atoms with Crippen LogP contribution in [0.1, 0.15) is 107 Å². The second kappa shape index (κ2) is 6.91. The molecule has 0 saturated carbocycles. The van der Waals surface area contributed by atoms with Crippen LogP contribution in [0.4, 0.5) is 0 Å². The monoisotopic (exact) mass is 336 g/mol. The topological polar surface area (TPSA) is 24.1 Å². The fourth-order valence-corrected chi connectivity index (χ4v) is 5.80. The predicted molar refractivity (Wildman–Crippen MR) is 107 cm³/mol. The van der Waals surface area contributed by atoms with E-state index >= 15 is 0 Å². The molecule has 2 aliphatic rings. The normalized spacial score (nSPS) is 35.0. The highest BCUT2D eigenvalue weighted by atomic mass is 15.0. The Morgan fingerprint density at radius 3 is 1.25 bits per heavy atom. The molecule has 2 saturated heterocycles. The van der Waals surface area contributed by atoms with Crippen molar-refractivity contribution in [3.05, 3.63) is 0 Å². The zero-order valence-corrected chi connectivity index (χ0v) is 17.8. The van der Waals surface area contributed by atoms with Crippen LogP contribution in [-0.4, -0.2) is 22.2 Å². The van der Waals surface area contributed by atoms with Gasteiger partial charge < -0.3 is 10.6 Å². The summed E-state index contributed by atoms with van der Waals surface area (Å²) in [5.41, 5.74) is 1.13. The van der Waals surface area contributed by atoms with Gasteiger partial charge in [0.15, 0.2) is 0 Å². The van der Waals surface area contributed by atoms with Crippen LogP contribution in [0.3, 0.4) is 0 Å². The largest absolute Gasteiger partial charge is 0.307 e. The Balaban J connectivity index is 1.92. The first-order valence-corrected chi connectivity index (χ1v) is 10.4. The Morgan fingerprint density at radius 1 is 0.583 bits per heavy atom. The van der Waals surface area contributed by atoms with E-state index in [1.54, 1.807) is 0 Å². The van der Waals surface area contributed by atoms with Crippen molar-refractivity contribution in [2.45, 2.75) is 129 Å². The van der Waals surface area contributed by atoms with Gasteiger partial charge in [-0.15, -0.1) is 0 Å². The summed E-state index contributed by atoms with van der Waals surface area (Å²) in [6, 6.07) is 0. The second-order valence-electron chi connectivity index (χ2n) is 11.6. The zero-order chi connectivity index (χ0) is 18.2. The van der Waals surface area contributed by atoms with Crippen LogP contribution in [0.25, 0.3) is 0 Å². The maximum atomic E-state index is 3.89. The molecule has 2 fully saturated rings. The molecule has 2 rings (SSSR count). The third kappa shape index (κ3) is 6.33. The molecular formula is C22H44N2. The molecule has 0 aromatic heterocycles. The lowest BCUT2D eigenvalue weighted by Crippen LogP contribution is -2.50. The van der Waals surface area contributed by atoms with Crippen molar-refractivity contribution in [2.24, 2.45) is 11.8 Å². The van der Waals surface area contributed by atoms with E-state index in [4.69, 9.17) is 0 Å². The molecule has 2 N–H and O–H groups in total. The van der Waals surface area contributed by atoms with Gasteiger partial charge in [0.2, 0.25) is 0 Å². The summed E-state index contributed by atoms with van der Waals surface area (Å²) < 4.78 is 0. The van der Waals surface area contributed by atoms with Crippen molar-refractivity contribution in [3.63, 3.8) is 0 Å². The van der Waals surface area contributed by atoms with Gasteiger partial charge in [0.25, 0.3) is 0 Å². The Labute approximate surface area is 151 Å². The number of hydrogen-bond acceptors (Lipinski definition) is 2. The molecule has 0 aromatic carbocycles. The van der Waals surface area contributed by atoms with Gasteiger partial charge in [0.05, 0.1) is 0 Å². The van der Waals surface area contributed by atoms with E-state index < -0.39 is 0 Å². The molecule has 2 heteroatoms. The molecule has 2 atom stereocenters. The van der Waals surface area contributed by atoms with Crippen LogP contribution in [0.2, 0.25) is 0 Å². The minimum atomic E-state index is 0.275. The van der Waals surface area contributed by atoms with E-state index in [0.29, 0.717) is 0 Å². The molecule has 142 valence electrons. The first kappa shape index (κ1) is 20.2.